The van der Waals surface area contributed by atoms with E-state index in [1.807, 2.05) is 49.3 Å². The Morgan fingerprint density at radius 3 is 2.33 bits per heavy atom. The number of H-pyrrole nitrogens is 1. The first-order valence-corrected chi connectivity index (χ1v) is 10.6. The smallest absolute Gasteiger partial charge is 0.385 e. The lowest BCUT2D eigenvalue weighted by atomic mass is 10.2. The Kier molecular flexibility index (Phi) is 10.5. The van der Waals surface area contributed by atoms with Crippen LogP contribution in [0.4, 0.5) is 24.7 Å². The zero-order valence-electron chi connectivity index (χ0n) is 19.7. The minimum Gasteiger partial charge on any atom is -0.385 e. The quantitative estimate of drug-likeness (QED) is 0.269. The minimum absolute atomic E-state index is 0.194. The predicted octanol–water partition coefficient (Wildman–Crippen LogP) is 3.70. The van der Waals surface area contributed by atoms with Gasteiger partial charge in [0.2, 0.25) is 0 Å². The average molecular weight is 502 g/mol. The van der Waals surface area contributed by atoms with Crippen molar-refractivity contribution in [3.05, 3.63) is 77.9 Å². The van der Waals surface area contributed by atoms with Gasteiger partial charge in [-0.15, -0.1) is 0 Å². The highest BCUT2D eigenvalue weighted by atomic mass is 19.4. The van der Waals surface area contributed by atoms with Crippen molar-refractivity contribution in [2.75, 3.05) is 25.1 Å². The maximum atomic E-state index is 12.6. The van der Waals surface area contributed by atoms with E-state index < -0.39 is 11.9 Å². The van der Waals surface area contributed by atoms with Crippen LogP contribution in [0.15, 0.2) is 60.9 Å². The van der Waals surface area contributed by atoms with Crippen molar-refractivity contribution in [2.45, 2.75) is 19.3 Å². The molecule has 0 radical (unpaired) electrons. The van der Waals surface area contributed by atoms with Crippen molar-refractivity contribution < 1.29 is 22.8 Å². The number of rotatable bonds is 6. The summed E-state index contributed by atoms with van der Waals surface area (Å²) in [7, 11) is 3.68. The third kappa shape index (κ3) is 8.47. The molecule has 0 bridgehead atoms. The van der Waals surface area contributed by atoms with Gasteiger partial charge in [0.25, 0.3) is 0 Å². The van der Waals surface area contributed by atoms with Gasteiger partial charge in [0.15, 0.2) is 12.6 Å². The number of nitrogens with one attached hydrogen (secondary N) is 2. The van der Waals surface area contributed by atoms with Gasteiger partial charge in [-0.05, 0) is 24.7 Å². The van der Waals surface area contributed by atoms with Crippen LogP contribution in [0.3, 0.4) is 0 Å². The molecule has 4 aromatic rings. The van der Waals surface area contributed by atoms with Gasteiger partial charge in [-0.2, -0.15) is 18.3 Å². The molecule has 0 atom stereocenters. The van der Waals surface area contributed by atoms with Gasteiger partial charge in [-0.3, -0.25) is 19.6 Å². The van der Waals surface area contributed by atoms with E-state index in [2.05, 4.69) is 25.5 Å². The fourth-order valence-electron chi connectivity index (χ4n) is 3.10. The summed E-state index contributed by atoms with van der Waals surface area (Å²) in [5.74, 6) is 0.498. The monoisotopic (exact) mass is 501 g/mol. The van der Waals surface area contributed by atoms with Crippen molar-refractivity contribution in [2.24, 2.45) is 0 Å². The lowest BCUT2D eigenvalue weighted by molar-refractivity contribution is -0.141. The lowest BCUT2D eigenvalue weighted by Gasteiger charge is -2.17. The van der Waals surface area contributed by atoms with E-state index in [-0.39, 0.29) is 12.6 Å². The second kappa shape index (κ2) is 13.5. The molecule has 0 aliphatic heterocycles. The SMILES string of the molecule is CN(Cc1ccccc1)Cc1cccc(C(F)(F)F)n1.CNc1cnc(N)c2cn[nH]c12.O=CC=O. The van der Waals surface area contributed by atoms with Gasteiger partial charge in [0, 0.05) is 20.1 Å². The van der Waals surface area contributed by atoms with E-state index in [0.717, 1.165) is 28.2 Å². The molecule has 4 N–H and O–H groups in total. The second-order valence-corrected chi connectivity index (χ2v) is 7.41. The Balaban J connectivity index is 0.000000240. The number of carbonyl (C=O) groups is 2. The number of fused-ring (bicyclic) bond motifs is 1. The third-order valence-electron chi connectivity index (χ3n) is 4.67. The zero-order valence-corrected chi connectivity index (χ0v) is 19.7. The molecule has 36 heavy (non-hydrogen) atoms. The molecule has 0 saturated carbocycles. The zero-order chi connectivity index (χ0) is 26.6. The van der Waals surface area contributed by atoms with Crippen molar-refractivity contribution >= 4 is 35.0 Å². The molecule has 1 aromatic carbocycles. The van der Waals surface area contributed by atoms with E-state index in [9.17, 15) is 13.2 Å². The van der Waals surface area contributed by atoms with Crippen LogP contribution in [0.1, 0.15) is 17.0 Å². The first-order valence-electron chi connectivity index (χ1n) is 10.6. The van der Waals surface area contributed by atoms with E-state index in [1.165, 1.54) is 6.07 Å². The Hall–Kier alpha value is -4.32. The highest BCUT2D eigenvalue weighted by molar-refractivity contribution is 6.09. The summed E-state index contributed by atoms with van der Waals surface area (Å²) < 4.78 is 37.7. The number of nitrogen functional groups attached to an aromatic ring is 1. The molecule has 0 unspecified atom stereocenters. The maximum Gasteiger partial charge on any atom is 0.433 e. The van der Waals surface area contributed by atoms with Crippen molar-refractivity contribution in [3.8, 4) is 0 Å². The van der Waals surface area contributed by atoms with Gasteiger partial charge in [-0.25, -0.2) is 9.97 Å². The summed E-state index contributed by atoms with van der Waals surface area (Å²) in [4.78, 5) is 27.2. The van der Waals surface area contributed by atoms with Crippen LogP contribution < -0.4 is 11.1 Å². The number of aromatic nitrogens is 4. The number of hydrogen-bond donors (Lipinski definition) is 3. The van der Waals surface area contributed by atoms with Crippen molar-refractivity contribution in [1.82, 2.24) is 25.1 Å². The number of hydrogen-bond acceptors (Lipinski definition) is 8. The van der Waals surface area contributed by atoms with Gasteiger partial charge >= 0.3 is 6.18 Å². The number of carbonyl (C=O) groups excluding carboxylic acids is 2. The first kappa shape index (κ1) is 27.9. The Morgan fingerprint density at radius 2 is 1.72 bits per heavy atom. The first-order chi connectivity index (χ1) is 17.2. The van der Waals surface area contributed by atoms with Crippen LogP contribution in [-0.2, 0) is 28.9 Å². The summed E-state index contributed by atoms with van der Waals surface area (Å²) in [5, 5.41) is 10.6. The van der Waals surface area contributed by atoms with Crippen LogP contribution in [0.25, 0.3) is 10.9 Å². The van der Waals surface area contributed by atoms with E-state index in [1.54, 1.807) is 18.5 Å². The van der Waals surface area contributed by atoms with Crippen molar-refractivity contribution in [3.63, 3.8) is 0 Å². The van der Waals surface area contributed by atoms with E-state index in [0.29, 0.717) is 24.6 Å². The fraction of sp³-hybridized carbons (Fsp3) is 0.208. The molecule has 4 rings (SSSR count). The number of halogens is 3. The predicted molar refractivity (Wildman–Crippen MR) is 131 cm³/mol. The van der Waals surface area contributed by atoms with E-state index in [4.69, 9.17) is 15.3 Å². The Bertz CT molecular complexity index is 1240. The summed E-state index contributed by atoms with van der Waals surface area (Å²) in [6.07, 6.45) is -0.664. The highest BCUT2D eigenvalue weighted by Gasteiger charge is 2.32. The number of benzene rings is 1. The average Bonchev–Trinajstić information content (AvgIpc) is 3.36. The van der Waals surface area contributed by atoms with Crippen LogP contribution in [0, 0.1) is 0 Å². The van der Waals surface area contributed by atoms with Crippen LogP contribution >= 0.6 is 0 Å². The molecule has 0 amide bonds. The van der Waals surface area contributed by atoms with Gasteiger partial charge < -0.3 is 11.1 Å². The van der Waals surface area contributed by atoms with Crippen LogP contribution in [0.5, 0.6) is 0 Å². The topological polar surface area (TPSA) is 130 Å². The minimum atomic E-state index is -4.39. The molecule has 9 nitrogen and oxygen atoms in total. The Morgan fingerprint density at radius 1 is 1.03 bits per heavy atom. The molecule has 3 heterocycles. The normalized spacial score (nSPS) is 10.6. The number of nitrogens with zero attached hydrogens (tertiary/aromatic N) is 4. The number of alkyl halides is 3. The molecule has 0 aliphatic carbocycles. The molecule has 12 heteroatoms. The molecular formula is C24H26F3N7O2. The molecule has 3 aromatic heterocycles. The summed E-state index contributed by atoms with van der Waals surface area (Å²) in [6.45, 7) is 1.04. The maximum absolute atomic E-state index is 12.6. The third-order valence-corrected chi connectivity index (χ3v) is 4.67. The number of aromatic amines is 1. The number of anilines is 2. The van der Waals surface area contributed by atoms with Gasteiger partial charge in [-0.1, -0.05) is 36.4 Å². The second-order valence-electron chi connectivity index (χ2n) is 7.41. The molecule has 0 fully saturated rings. The van der Waals surface area contributed by atoms with Crippen LogP contribution in [0.2, 0.25) is 0 Å². The fourth-order valence-corrected chi connectivity index (χ4v) is 3.10. The van der Waals surface area contributed by atoms with Gasteiger partial charge in [0.05, 0.1) is 34.7 Å². The summed E-state index contributed by atoms with van der Waals surface area (Å²) in [6, 6.07) is 13.8. The lowest BCUT2D eigenvalue weighted by Crippen LogP contribution is -2.19. The number of pyridine rings is 2. The molecule has 0 aliphatic rings. The van der Waals surface area contributed by atoms with Crippen molar-refractivity contribution in [1.29, 1.82) is 0 Å². The largest absolute Gasteiger partial charge is 0.433 e. The summed E-state index contributed by atoms with van der Waals surface area (Å²) >= 11 is 0. The molecule has 0 saturated heterocycles. The van der Waals surface area contributed by atoms with Gasteiger partial charge in [0.1, 0.15) is 11.5 Å². The standard InChI is InChI=1S/C15H15F3N2.C7H9N5.C2H2O2/c1-20(10-12-6-3-2-4-7-12)11-13-8-5-9-14(19-13)15(16,17)18;1-9-5-3-10-7(8)4-2-11-12-6(4)5;3-1-2-4/h2-9H,10-11H2,1H3;2-3,9H,1H3,(H2,8,10)(H,11,12);1-2H. The highest BCUT2D eigenvalue weighted by Crippen LogP contribution is 2.27. The Labute approximate surface area is 205 Å². The molecule has 190 valence electrons. The molecule has 0 spiro atoms. The van der Waals surface area contributed by atoms with E-state index >= 15 is 0 Å². The number of aldehydes is 2. The summed E-state index contributed by atoms with van der Waals surface area (Å²) in [5.41, 5.74) is 8.10. The van der Waals surface area contributed by atoms with Crippen LogP contribution in [-0.4, -0.2) is 51.7 Å². The number of nitrogens with two attached hydrogens (primary N) is 1. The molecular weight excluding hydrogens is 475 g/mol.